The van der Waals surface area contributed by atoms with Crippen LogP contribution in [-0.2, 0) is 4.79 Å². The number of carbonyl (C=O) groups is 2. The molecule has 5 nitrogen and oxygen atoms in total. The lowest BCUT2D eigenvalue weighted by molar-refractivity contribution is -0.121. The monoisotopic (exact) mass is 373 g/mol. The van der Waals surface area contributed by atoms with Crippen molar-refractivity contribution in [2.75, 3.05) is 27.2 Å². The molecule has 2 rings (SSSR count). The van der Waals surface area contributed by atoms with Crippen LogP contribution in [0.3, 0.4) is 0 Å². The van der Waals surface area contributed by atoms with Gasteiger partial charge in [-0.1, -0.05) is 54.1 Å². The summed E-state index contributed by atoms with van der Waals surface area (Å²) >= 11 is 6.00. The molecule has 0 radical (unpaired) electrons. The summed E-state index contributed by atoms with van der Waals surface area (Å²) < 4.78 is 0. The fourth-order valence-electron chi connectivity index (χ4n) is 2.58. The number of benzene rings is 2. The number of nitrogens with zero attached hydrogens (tertiary/aromatic N) is 1. The second-order valence-electron chi connectivity index (χ2n) is 6.28. The molecule has 138 valence electrons. The standard InChI is InChI=1S/C20H24ClN3O2/c1-24(2)14-18(15-8-4-3-5-9-15)23-19(25)12-13-22-20(26)16-10-6-7-11-17(16)21/h3-11,18H,12-14H2,1-2H3,(H,22,26)(H,23,25)/t18-/m0/s1. The zero-order chi connectivity index (χ0) is 18.9. The molecule has 0 fully saturated rings. The molecule has 0 unspecified atom stereocenters. The molecule has 6 heteroatoms. The summed E-state index contributed by atoms with van der Waals surface area (Å²) in [7, 11) is 3.93. The fourth-order valence-corrected chi connectivity index (χ4v) is 2.80. The number of halogens is 1. The van der Waals surface area contributed by atoms with Crippen molar-refractivity contribution in [3.05, 3.63) is 70.7 Å². The van der Waals surface area contributed by atoms with E-state index in [-0.39, 0.29) is 30.8 Å². The van der Waals surface area contributed by atoms with Crippen molar-refractivity contribution in [2.45, 2.75) is 12.5 Å². The molecule has 0 aliphatic carbocycles. The summed E-state index contributed by atoms with van der Waals surface area (Å²) in [5, 5.41) is 6.15. The molecule has 0 bridgehead atoms. The molecule has 2 aromatic rings. The van der Waals surface area contributed by atoms with Crippen LogP contribution in [0.1, 0.15) is 28.4 Å². The number of nitrogens with one attached hydrogen (secondary N) is 2. The molecule has 0 saturated heterocycles. The van der Waals surface area contributed by atoms with E-state index in [4.69, 9.17) is 11.6 Å². The van der Waals surface area contributed by atoms with Gasteiger partial charge in [0.05, 0.1) is 16.6 Å². The normalized spacial score (nSPS) is 11.8. The Bertz CT molecular complexity index is 735. The van der Waals surface area contributed by atoms with Gasteiger partial charge in [-0.25, -0.2) is 0 Å². The van der Waals surface area contributed by atoms with Crippen LogP contribution in [0.5, 0.6) is 0 Å². The van der Waals surface area contributed by atoms with Crippen molar-refractivity contribution in [3.63, 3.8) is 0 Å². The van der Waals surface area contributed by atoms with Crippen molar-refractivity contribution in [1.29, 1.82) is 0 Å². The summed E-state index contributed by atoms with van der Waals surface area (Å²) in [6, 6.07) is 16.6. The fraction of sp³-hybridized carbons (Fsp3) is 0.300. The van der Waals surface area contributed by atoms with E-state index in [0.717, 1.165) is 5.56 Å². The van der Waals surface area contributed by atoms with Gasteiger partial charge in [-0.05, 0) is 31.8 Å². The van der Waals surface area contributed by atoms with Crippen LogP contribution in [-0.4, -0.2) is 43.9 Å². The predicted molar refractivity (Wildman–Crippen MR) is 104 cm³/mol. The quantitative estimate of drug-likeness (QED) is 0.748. The molecule has 2 amide bonds. The smallest absolute Gasteiger partial charge is 0.252 e. The van der Waals surface area contributed by atoms with Gasteiger partial charge in [0.2, 0.25) is 5.91 Å². The van der Waals surface area contributed by atoms with Crippen LogP contribution >= 0.6 is 11.6 Å². The van der Waals surface area contributed by atoms with Gasteiger partial charge in [0.15, 0.2) is 0 Å². The Morgan fingerprint density at radius 2 is 1.69 bits per heavy atom. The summed E-state index contributed by atoms with van der Waals surface area (Å²) in [5.74, 6) is -0.392. The Balaban J connectivity index is 1.86. The maximum atomic E-state index is 12.3. The van der Waals surface area contributed by atoms with Crippen LogP contribution in [0.2, 0.25) is 5.02 Å². The van der Waals surface area contributed by atoms with E-state index in [0.29, 0.717) is 17.1 Å². The first kappa shape index (κ1) is 19.9. The first-order valence-electron chi connectivity index (χ1n) is 8.49. The van der Waals surface area contributed by atoms with Crippen LogP contribution in [0, 0.1) is 0 Å². The molecular formula is C20H24ClN3O2. The zero-order valence-electron chi connectivity index (χ0n) is 15.0. The maximum Gasteiger partial charge on any atom is 0.252 e. The third-order valence-corrected chi connectivity index (χ3v) is 4.17. The van der Waals surface area contributed by atoms with Crippen LogP contribution in [0.25, 0.3) is 0 Å². The van der Waals surface area contributed by atoms with Crippen molar-refractivity contribution in [1.82, 2.24) is 15.5 Å². The van der Waals surface area contributed by atoms with Gasteiger partial charge in [0.25, 0.3) is 5.91 Å². The Morgan fingerprint density at radius 1 is 1.04 bits per heavy atom. The van der Waals surface area contributed by atoms with E-state index in [2.05, 4.69) is 10.6 Å². The van der Waals surface area contributed by atoms with E-state index < -0.39 is 0 Å². The van der Waals surface area contributed by atoms with Crippen molar-refractivity contribution < 1.29 is 9.59 Å². The Kier molecular flexibility index (Phi) is 7.63. The van der Waals surface area contributed by atoms with Gasteiger partial charge < -0.3 is 15.5 Å². The Labute approximate surface area is 159 Å². The molecule has 0 spiro atoms. The second-order valence-corrected chi connectivity index (χ2v) is 6.69. The highest BCUT2D eigenvalue weighted by Crippen LogP contribution is 2.15. The lowest BCUT2D eigenvalue weighted by Gasteiger charge is -2.23. The molecule has 1 atom stereocenters. The Hall–Kier alpha value is -2.37. The molecular weight excluding hydrogens is 350 g/mol. The molecule has 2 N–H and O–H groups in total. The van der Waals surface area contributed by atoms with Crippen LogP contribution in [0.15, 0.2) is 54.6 Å². The maximum absolute atomic E-state index is 12.3. The molecule has 0 heterocycles. The minimum absolute atomic E-state index is 0.0991. The van der Waals surface area contributed by atoms with E-state index in [1.54, 1.807) is 24.3 Å². The van der Waals surface area contributed by atoms with E-state index in [9.17, 15) is 9.59 Å². The highest BCUT2D eigenvalue weighted by molar-refractivity contribution is 6.33. The molecule has 26 heavy (non-hydrogen) atoms. The number of rotatable bonds is 8. The topological polar surface area (TPSA) is 61.4 Å². The molecule has 0 aliphatic rings. The minimum Gasteiger partial charge on any atom is -0.351 e. The highest BCUT2D eigenvalue weighted by Gasteiger charge is 2.16. The third kappa shape index (κ3) is 6.17. The number of hydrogen-bond donors (Lipinski definition) is 2. The zero-order valence-corrected chi connectivity index (χ0v) is 15.8. The predicted octanol–water partition coefficient (Wildman–Crippen LogP) is 2.88. The lowest BCUT2D eigenvalue weighted by atomic mass is 10.1. The minimum atomic E-state index is -0.281. The average Bonchev–Trinajstić information content (AvgIpc) is 2.62. The van der Waals surface area contributed by atoms with Gasteiger partial charge in [-0.2, -0.15) is 0 Å². The van der Waals surface area contributed by atoms with Crippen LogP contribution < -0.4 is 10.6 Å². The number of amides is 2. The van der Waals surface area contributed by atoms with E-state index in [1.807, 2.05) is 49.3 Å². The Morgan fingerprint density at radius 3 is 2.35 bits per heavy atom. The van der Waals surface area contributed by atoms with Crippen molar-refractivity contribution >= 4 is 23.4 Å². The molecule has 2 aromatic carbocycles. The first-order chi connectivity index (χ1) is 12.5. The summed E-state index contributed by atoms with van der Waals surface area (Å²) in [6.45, 7) is 0.946. The average molecular weight is 374 g/mol. The van der Waals surface area contributed by atoms with Crippen LogP contribution in [0.4, 0.5) is 0 Å². The molecule has 0 aromatic heterocycles. The molecule has 0 aliphatic heterocycles. The number of likely N-dealkylation sites (N-methyl/N-ethyl adjacent to an activating group) is 1. The van der Waals surface area contributed by atoms with Gasteiger partial charge in [-0.15, -0.1) is 0 Å². The largest absolute Gasteiger partial charge is 0.351 e. The van der Waals surface area contributed by atoms with Gasteiger partial charge in [0.1, 0.15) is 0 Å². The van der Waals surface area contributed by atoms with Gasteiger partial charge in [-0.3, -0.25) is 9.59 Å². The number of carbonyl (C=O) groups excluding carboxylic acids is 2. The summed E-state index contributed by atoms with van der Waals surface area (Å²) in [4.78, 5) is 26.4. The SMILES string of the molecule is CN(C)C[C@H](NC(=O)CCNC(=O)c1ccccc1Cl)c1ccccc1. The van der Waals surface area contributed by atoms with Crippen molar-refractivity contribution in [2.24, 2.45) is 0 Å². The molecule has 0 saturated carbocycles. The van der Waals surface area contributed by atoms with Gasteiger partial charge >= 0.3 is 0 Å². The summed E-state index contributed by atoms with van der Waals surface area (Å²) in [6.07, 6.45) is 0.201. The van der Waals surface area contributed by atoms with E-state index >= 15 is 0 Å². The lowest BCUT2D eigenvalue weighted by Crippen LogP contribution is -2.37. The first-order valence-corrected chi connectivity index (χ1v) is 8.87. The van der Waals surface area contributed by atoms with Gasteiger partial charge in [0, 0.05) is 19.5 Å². The summed E-state index contributed by atoms with van der Waals surface area (Å²) in [5.41, 5.74) is 1.46. The highest BCUT2D eigenvalue weighted by atomic mass is 35.5. The second kappa shape index (κ2) is 9.94. The number of hydrogen-bond acceptors (Lipinski definition) is 3. The van der Waals surface area contributed by atoms with Crippen molar-refractivity contribution in [3.8, 4) is 0 Å². The van der Waals surface area contributed by atoms with E-state index in [1.165, 1.54) is 0 Å². The third-order valence-electron chi connectivity index (χ3n) is 3.84.